The molecular formula is C33H35N3O4S. The maximum Gasteiger partial charge on any atom is 0.264 e. The van der Waals surface area contributed by atoms with Gasteiger partial charge in [0.05, 0.1) is 10.6 Å². The zero-order chi connectivity index (χ0) is 29.2. The number of nitrogens with zero attached hydrogens (tertiary/aromatic N) is 2. The predicted octanol–water partition coefficient (Wildman–Crippen LogP) is 4.97. The topological polar surface area (TPSA) is 86.8 Å². The lowest BCUT2D eigenvalue weighted by atomic mass is 10.0. The maximum absolute atomic E-state index is 14.3. The van der Waals surface area contributed by atoms with E-state index < -0.39 is 28.5 Å². The molecule has 2 amide bonds. The molecule has 0 fully saturated rings. The zero-order valence-corrected chi connectivity index (χ0v) is 24.1. The van der Waals surface area contributed by atoms with Crippen molar-refractivity contribution in [3.63, 3.8) is 0 Å². The van der Waals surface area contributed by atoms with Crippen LogP contribution >= 0.6 is 0 Å². The molecule has 0 saturated heterocycles. The molecule has 0 aliphatic rings. The first-order valence-electron chi connectivity index (χ1n) is 13.6. The summed E-state index contributed by atoms with van der Waals surface area (Å²) in [6, 6.07) is 33.1. The van der Waals surface area contributed by atoms with Crippen molar-refractivity contribution in [1.29, 1.82) is 0 Å². The highest BCUT2D eigenvalue weighted by molar-refractivity contribution is 7.92. The highest BCUT2D eigenvalue weighted by Crippen LogP contribution is 2.25. The number of nitrogens with one attached hydrogen (secondary N) is 1. The SMILES string of the molecule is CCNC(=O)C(Cc1ccccc1)N(Cc1ccccc1)C(=O)CN(c1ccc(C)cc1)S(=O)(=O)c1ccccc1. The molecule has 0 heterocycles. The number of amides is 2. The van der Waals surface area contributed by atoms with E-state index in [2.05, 4.69) is 5.32 Å². The molecule has 0 aliphatic carbocycles. The molecule has 0 aliphatic heterocycles. The van der Waals surface area contributed by atoms with Crippen molar-refractivity contribution in [2.24, 2.45) is 0 Å². The van der Waals surface area contributed by atoms with Crippen molar-refractivity contribution in [3.8, 4) is 0 Å². The molecule has 0 aromatic heterocycles. The molecule has 0 bridgehead atoms. The highest BCUT2D eigenvalue weighted by Gasteiger charge is 2.34. The third-order valence-electron chi connectivity index (χ3n) is 6.75. The Morgan fingerprint density at radius 3 is 1.85 bits per heavy atom. The molecule has 0 spiro atoms. The van der Waals surface area contributed by atoms with E-state index >= 15 is 0 Å². The Morgan fingerprint density at radius 2 is 1.29 bits per heavy atom. The molecule has 41 heavy (non-hydrogen) atoms. The summed E-state index contributed by atoms with van der Waals surface area (Å²) in [4.78, 5) is 29.3. The van der Waals surface area contributed by atoms with Crippen LogP contribution in [0.5, 0.6) is 0 Å². The van der Waals surface area contributed by atoms with Gasteiger partial charge in [0.1, 0.15) is 12.6 Å². The van der Waals surface area contributed by atoms with E-state index in [1.807, 2.05) is 86.6 Å². The molecular weight excluding hydrogens is 534 g/mol. The fourth-order valence-electron chi connectivity index (χ4n) is 4.59. The minimum atomic E-state index is -4.10. The van der Waals surface area contributed by atoms with Crippen LogP contribution in [0.4, 0.5) is 5.69 Å². The molecule has 7 nitrogen and oxygen atoms in total. The molecule has 4 rings (SSSR count). The molecule has 1 unspecified atom stereocenters. The monoisotopic (exact) mass is 569 g/mol. The number of likely N-dealkylation sites (N-methyl/N-ethyl adjacent to an activating group) is 1. The average Bonchev–Trinajstić information content (AvgIpc) is 2.99. The molecule has 1 atom stereocenters. The number of sulfonamides is 1. The first-order valence-corrected chi connectivity index (χ1v) is 15.0. The first kappa shape index (κ1) is 29.6. The predicted molar refractivity (Wildman–Crippen MR) is 162 cm³/mol. The summed E-state index contributed by atoms with van der Waals surface area (Å²) in [5.41, 5.74) is 3.05. The minimum Gasteiger partial charge on any atom is -0.355 e. The number of carbonyl (C=O) groups is 2. The number of carbonyl (C=O) groups excluding carboxylic acids is 2. The van der Waals surface area contributed by atoms with E-state index in [4.69, 9.17) is 0 Å². The van der Waals surface area contributed by atoms with E-state index in [9.17, 15) is 18.0 Å². The zero-order valence-electron chi connectivity index (χ0n) is 23.3. The van der Waals surface area contributed by atoms with Gasteiger partial charge in [0.25, 0.3) is 10.0 Å². The summed E-state index contributed by atoms with van der Waals surface area (Å²) in [6.45, 7) is 3.80. The number of hydrogen-bond acceptors (Lipinski definition) is 4. The van der Waals surface area contributed by atoms with Crippen LogP contribution in [-0.4, -0.2) is 44.3 Å². The standard InChI is InChI=1S/C33H35N3O4S/c1-3-34-33(38)31(23-27-13-7-4-8-14-27)35(24-28-15-9-5-10-16-28)32(37)25-36(29-21-19-26(2)20-22-29)41(39,40)30-17-11-6-12-18-30/h4-22,31H,3,23-25H2,1-2H3,(H,34,38). The van der Waals surface area contributed by atoms with Crippen molar-refractivity contribution in [2.45, 2.75) is 37.8 Å². The van der Waals surface area contributed by atoms with Crippen LogP contribution in [0.2, 0.25) is 0 Å². The van der Waals surface area contributed by atoms with Crippen molar-refractivity contribution in [3.05, 3.63) is 132 Å². The lowest BCUT2D eigenvalue weighted by molar-refractivity contribution is -0.140. The Labute approximate surface area is 242 Å². The van der Waals surface area contributed by atoms with Gasteiger partial charge in [0.2, 0.25) is 11.8 Å². The maximum atomic E-state index is 14.3. The molecule has 1 N–H and O–H groups in total. The summed E-state index contributed by atoms with van der Waals surface area (Å²) >= 11 is 0. The fraction of sp³-hybridized carbons (Fsp3) is 0.212. The largest absolute Gasteiger partial charge is 0.355 e. The van der Waals surface area contributed by atoms with Crippen LogP contribution in [0.3, 0.4) is 0 Å². The molecule has 0 saturated carbocycles. The van der Waals surface area contributed by atoms with E-state index in [1.165, 1.54) is 17.0 Å². The van der Waals surface area contributed by atoms with Crippen molar-refractivity contribution >= 4 is 27.5 Å². The Hall–Kier alpha value is -4.43. The highest BCUT2D eigenvalue weighted by atomic mass is 32.2. The summed E-state index contributed by atoms with van der Waals surface area (Å²) < 4.78 is 28.9. The number of anilines is 1. The third kappa shape index (κ3) is 7.61. The van der Waals surface area contributed by atoms with Crippen molar-refractivity contribution < 1.29 is 18.0 Å². The van der Waals surface area contributed by atoms with Gasteiger partial charge in [-0.3, -0.25) is 13.9 Å². The number of rotatable bonds is 12. The summed E-state index contributed by atoms with van der Waals surface area (Å²) in [5.74, 6) is -0.783. The third-order valence-corrected chi connectivity index (χ3v) is 8.54. The van der Waals surface area contributed by atoms with E-state index in [0.29, 0.717) is 12.2 Å². The van der Waals surface area contributed by atoms with Crippen LogP contribution in [0, 0.1) is 6.92 Å². The summed E-state index contributed by atoms with van der Waals surface area (Å²) in [7, 11) is -4.10. The fourth-order valence-corrected chi connectivity index (χ4v) is 6.02. The smallest absolute Gasteiger partial charge is 0.264 e. The van der Waals surface area contributed by atoms with Gasteiger partial charge in [-0.1, -0.05) is 96.6 Å². The molecule has 8 heteroatoms. The van der Waals surface area contributed by atoms with Crippen LogP contribution in [-0.2, 0) is 32.6 Å². The molecule has 0 radical (unpaired) electrons. The first-order chi connectivity index (χ1) is 19.8. The van der Waals surface area contributed by atoms with Crippen LogP contribution in [0.25, 0.3) is 0 Å². The van der Waals surface area contributed by atoms with Crippen LogP contribution < -0.4 is 9.62 Å². The number of hydrogen-bond donors (Lipinski definition) is 1. The van der Waals surface area contributed by atoms with Crippen LogP contribution in [0.1, 0.15) is 23.6 Å². The molecule has 4 aromatic rings. The van der Waals surface area contributed by atoms with E-state index in [-0.39, 0.29) is 23.8 Å². The molecule has 212 valence electrons. The van der Waals surface area contributed by atoms with Gasteiger partial charge in [0, 0.05) is 19.5 Å². The van der Waals surface area contributed by atoms with Gasteiger partial charge in [-0.25, -0.2) is 8.42 Å². The van der Waals surface area contributed by atoms with Crippen molar-refractivity contribution in [2.75, 3.05) is 17.4 Å². The van der Waals surface area contributed by atoms with Gasteiger partial charge in [-0.2, -0.15) is 0 Å². The van der Waals surface area contributed by atoms with Gasteiger partial charge in [0.15, 0.2) is 0 Å². The Kier molecular flexibility index (Phi) is 9.92. The van der Waals surface area contributed by atoms with Crippen molar-refractivity contribution in [1.82, 2.24) is 10.2 Å². The molecule has 4 aromatic carbocycles. The Balaban J connectivity index is 1.77. The van der Waals surface area contributed by atoms with E-state index in [1.54, 1.807) is 30.3 Å². The average molecular weight is 570 g/mol. The normalized spacial score (nSPS) is 11.9. The second kappa shape index (κ2) is 13.8. The van der Waals surface area contributed by atoms with Gasteiger partial charge < -0.3 is 10.2 Å². The minimum absolute atomic E-state index is 0.0764. The quantitative estimate of drug-likeness (QED) is 0.261. The Morgan fingerprint density at radius 1 is 0.756 bits per heavy atom. The van der Waals surface area contributed by atoms with Gasteiger partial charge in [-0.05, 0) is 49.2 Å². The second-order valence-electron chi connectivity index (χ2n) is 9.77. The van der Waals surface area contributed by atoms with Crippen LogP contribution in [0.15, 0.2) is 120 Å². The lowest BCUT2D eigenvalue weighted by Crippen LogP contribution is -2.53. The summed E-state index contributed by atoms with van der Waals surface area (Å²) in [5, 5.41) is 2.87. The van der Waals surface area contributed by atoms with Gasteiger partial charge in [-0.15, -0.1) is 0 Å². The van der Waals surface area contributed by atoms with Gasteiger partial charge >= 0.3 is 0 Å². The van der Waals surface area contributed by atoms with E-state index in [0.717, 1.165) is 21.0 Å². The number of aryl methyl sites for hydroxylation is 1. The summed E-state index contributed by atoms with van der Waals surface area (Å²) in [6.07, 6.45) is 0.279. The lowest BCUT2D eigenvalue weighted by Gasteiger charge is -2.33. The second-order valence-corrected chi connectivity index (χ2v) is 11.6. The number of benzene rings is 4. The Bertz CT molecular complexity index is 1530.